The van der Waals surface area contributed by atoms with Gasteiger partial charge in [-0.1, -0.05) is 0 Å². The number of halogens is 4. The number of hydrogen-bond acceptors (Lipinski definition) is 5. The van der Waals surface area contributed by atoms with Crippen molar-refractivity contribution in [3.05, 3.63) is 59.2 Å². The molecule has 2 aromatic rings. The van der Waals surface area contributed by atoms with E-state index in [9.17, 15) is 22.4 Å². The van der Waals surface area contributed by atoms with E-state index in [1.54, 1.807) is 0 Å². The van der Waals surface area contributed by atoms with E-state index in [4.69, 9.17) is 11.0 Å². The number of rotatable bonds is 6. The molecule has 0 fully saturated rings. The minimum Gasteiger partial charge on any atom is -0.452 e. The molecule has 1 aromatic heterocycles. The Bertz CT molecular complexity index is 984. The first-order valence-electron chi connectivity index (χ1n) is 8.44. The summed E-state index contributed by atoms with van der Waals surface area (Å²) in [7, 11) is 1.15. The summed E-state index contributed by atoms with van der Waals surface area (Å²) in [5, 5.41) is 11.1. The van der Waals surface area contributed by atoms with Gasteiger partial charge in [0.25, 0.3) is 17.9 Å². The topological polar surface area (TPSA) is 113 Å². The Balaban J connectivity index is 2.30. The van der Waals surface area contributed by atoms with Crippen LogP contribution in [0.1, 0.15) is 34.7 Å². The number of aromatic nitrogens is 1. The summed E-state index contributed by atoms with van der Waals surface area (Å²) in [4.78, 5) is 19.4. The van der Waals surface area contributed by atoms with Crippen molar-refractivity contribution in [1.82, 2.24) is 4.98 Å². The summed E-state index contributed by atoms with van der Waals surface area (Å²) in [5.41, 5.74) is 4.59. The SMILES string of the molecule is CN=C(N)O[C@@H]([C@H](F)c1cc(NC(=O)c2ccc(C#N)cn2)ccc1F)C(C)(F)F. The van der Waals surface area contributed by atoms with Gasteiger partial charge in [0.2, 0.25) is 0 Å². The quantitative estimate of drug-likeness (QED) is 0.420. The molecule has 11 heteroatoms. The van der Waals surface area contributed by atoms with Gasteiger partial charge in [-0.15, -0.1) is 0 Å². The standard InChI is InChI=1S/C19H17F4N5O2/c1-19(22,23)16(30-18(25)26-2)15(21)12-7-11(4-5-13(12)20)28-17(29)14-6-3-10(8-24)9-27-14/h3-7,9,15-16H,1-2H3,(H2,25,26)(H,28,29)/t15-,16+/m1/s1. The number of carbonyl (C=O) groups is 1. The van der Waals surface area contributed by atoms with Crippen molar-refractivity contribution in [2.75, 3.05) is 12.4 Å². The summed E-state index contributed by atoms with van der Waals surface area (Å²) in [6.45, 7) is 0.396. The van der Waals surface area contributed by atoms with Crippen LogP contribution < -0.4 is 11.1 Å². The highest BCUT2D eigenvalue weighted by molar-refractivity contribution is 6.02. The average molecular weight is 423 g/mol. The number of nitrogens with zero attached hydrogens (tertiary/aromatic N) is 3. The number of alkyl halides is 3. The number of amidine groups is 1. The van der Waals surface area contributed by atoms with E-state index in [1.807, 2.05) is 6.07 Å². The minimum absolute atomic E-state index is 0.0649. The van der Waals surface area contributed by atoms with Crippen LogP contribution in [0.5, 0.6) is 0 Å². The van der Waals surface area contributed by atoms with Crippen molar-refractivity contribution in [3.63, 3.8) is 0 Å². The molecule has 1 amide bonds. The van der Waals surface area contributed by atoms with Gasteiger partial charge < -0.3 is 15.8 Å². The third-order valence-electron chi connectivity index (χ3n) is 3.91. The molecule has 0 aliphatic heterocycles. The second-order valence-corrected chi connectivity index (χ2v) is 6.19. The molecule has 7 nitrogen and oxygen atoms in total. The maximum absolute atomic E-state index is 14.9. The van der Waals surface area contributed by atoms with Crippen molar-refractivity contribution < 1.29 is 27.1 Å². The molecule has 3 N–H and O–H groups in total. The third-order valence-corrected chi connectivity index (χ3v) is 3.91. The Kier molecular flexibility index (Phi) is 6.94. The summed E-state index contributed by atoms with van der Waals surface area (Å²) in [6, 6.07) is 6.59. The number of aliphatic imine (C=N–C) groups is 1. The highest BCUT2D eigenvalue weighted by atomic mass is 19.3. The van der Waals surface area contributed by atoms with Gasteiger partial charge in [-0.25, -0.2) is 27.5 Å². The fraction of sp³-hybridized carbons (Fsp3) is 0.263. The number of nitrogens with two attached hydrogens (primary N) is 1. The molecule has 1 aromatic carbocycles. The minimum atomic E-state index is -3.73. The Hall–Kier alpha value is -3.68. The van der Waals surface area contributed by atoms with E-state index >= 15 is 0 Å². The van der Waals surface area contributed by atoms with Crippen LogP contribution in [0.15, 0.2) is 41.5 Å². The molecule has 2 rings (SSSR count). The van der Waals surface area contributed by atoms with Gasteiger partial charge in [-0.05, 0) is 30.3 Å². The lowest BCUT2D eigenvalue weighted by Gasteiger charge is -2.27. The summed E-state index contributed by atoms with van der Waals surface area (Å²) in [5.74, 6) is -5.59. The monoisotopic (exact) mass is 423 g/mol. The van der Waals surface area contributed by atoms with E-state index in [-0.39, 0.29) is 16.9 Å². The van der Waals surface area contributed by atoms with E-state index in [2.05, 4.69) is 20.0 Å². The molecule has 0 bridgehead atoms. The maximum Gasteiger partial charge on any atom is 0.284 e. The van der Waals surface area contributed by atoms with E-state index in [0.717, 1.165) is 25.2 Å². The molecule has 30 heavy (non-hydrogen) atoms. The first kappa shape index (κ1) is 22.6. The fourth-order valence-electron chi connectivity index (χ4n) is 2.39. The van der Waals surface area contributed by atoms with Crippen molar-refractivity contribution in [2.24, 2.45) is 10.7 Å². The summed E-state index contributed by atoms with van der Waals surface area (Å²) in [6.07, 6.45) is -3.91. The molecule has 0 unspecified atom stereocenters. The van der Waals surface area contributed by atoms with Crippen LogP contribution in [0.2, 0.25) is 0 Å². The molecule has 0 spiro atoms. The number of benzene rings is 1. The summed E-state index contributed by atoms with van der Waals surface area (Å²) >= 11 is 0. The van der Waals surface area contributed by atoms with Crippen LogP contribution in [0.4, 0.5) is 23.2 Å². The zero-order valence-electron chi connectivity index (χ0n) is 15.9. The smallest absolute Gasteiger partial charge is 0.284 e. The Morgan fingerprint density at radius 3 is 2.60 bits per heavy atom. The normalized spacial score (nSPS) is 13.8. The Morgan fingerprint density at radius 2 is 2.07 bits per heavy atom. The average Bonchev–Trinajstić information content (AvgIpc) is 2.71. The molecule has 1 heterocycles. The van der Waals surface area contributed by atoms with Gasteiger partial charge in [0.1, 0.15) is 17.6 Å². The lowest BCUT2D eigenvalue weighted by Crippen LogP contribution is -2.40. The number of hydrogen-bond donors (Lipinski definition) is 2. The highest BCUT2D eigenvalue weighted by Gasteiger charge is 2.45. The first-order valence-corrected chi connectivity index (χ1v) is 8.44. The van der Waals surface area contributed by atoms with Crippen molar-refractivity contribution in [1.29, 1.82) is 5.26 Å². The number of carbonyl (C=O) groups excluding carboxylic acids is 1. The molecule has 0 saturated heterocycles. The fourth-order valence-corrected chi connectivity index (χ4v) is 2.39. The molecular weight excluding hydrogens is 406 g/mol. The van der Waals surface area contributed by atoms with E-state index in [1.165, 1.54) is 18.3 Å². The first-order chi connectivity index (χ1) is 14.1. The molecule has 158 valence electrons. The zero-order chi connectivity index (χ0) is 22.5. The van der Waals surface area contributed by atoms with Crippen molar-refractivity contribution >= 4 is 17.6 Å². The second-order valence-electron chi connectivity index (χ2n) is 6.19. The number of ether oxygens (including phenoxy) is 1. The van der Waals surface area contributed by atoms with Gasteiger partial charge in [-0.2, -0.15) is 5.26 Å². The van der Waals surface area contributed by atoms with Gasteiger partial charge in [0, 0.05) is 31.4 Å². The second kappa shape index (κ2) is 9.21. The van der Waals surface area contributed by atoms with E-state index in [0.29, 0.717) is 6.92 Å². The third kappa shape index (κ3) is 5.44. The van der Waals surface area contributed by atoms with Crippen LogP contribution in [0.3, 0.4) is 0 Å². The van der Waals surface area contributed by atoms with Crippen molar-refractivity contribution in [3.8, 4) is 6.07 Å². The van der Waals surface area contributed by atoms with Gasteiger partial charge in [0.15, 0.2) is 12.3 Å². The van der Waals surface area contributed by atoms with Gasteiger partial charge in [-0.3, -0.25) is 4.79 Å². The van der Waals surface area contributed by atoms with Crippen LogP contribution in [-0.2, 0) is 4.74 Å². The molecule has 0 aliphatic rings. The molecule has 0 radical (unpaired) electrons. The molecule has 0 saturated carbocycles. The number of nitrogens with one attached hydrogen (secondary N) is 1. The molecule has 0 aliphatic carbocycles. The zero-order valence-corrected chi connectivity index (χ0v) is 15.9. The highest BCUT2D eigenvalue weighted by Crippen LogP contribution is 2.36. The van der Waals surface area contributed by atoms with Crippen LogP contribution in [0.25, 0.3) is 0 Å². The molecule has 2 atom stereocenters. The van der Waals surface area contributed by atoms with Gasteiger partial charge >= 0.3 is 0 Å². The molecular formula is C19H17F4N5O2. The Labute approximate surface area is 169 Å². The van der Waals surface area contributed by atoms with Crippen LogP contribution in [0, 0.1) is 17.1 Å². The predicted octanol–water partition coefficient (Wildman–Crippen LogP) is 3.34. The Morgan fingerprint density at radius 1 is 1.37 bits per heavy atom. The summed E-state index contributed by atoms with van der Waals surface area (Å²) < 4.78 is 61.4. The largest absolute Gasteiger partial charge is 0.452 e. The maximum atomic E-state index is 14.9. The van der Waals surface area contributed by atoms with Gasteiger partial charge in [0.05, 0.1) is 5.56 Å². The number of nitriles is 1. The number of anilines is 1. The lowest BCUT2D eigenvalue weighted by molar-refractivity contribution is -0.118. The number of amides is 1. The van der Waals surface area contributed by atoms with Crippen LogP contribution >= 0.6 is 0 Å². The van der Waals surface area contributed by atoms with E-state index < -0.39 is 41.5 Å². The van der Waals surface area contributed by atoms with Crippen LogP contribution in [-0.4, -0.2) is 36.0 Å². The van der Waals surface area contributed by atoms with Crippen molar-refractivity contribution in [2.45, 2.75) is 25.1 Å². The predicted molar refractivity (Wildman–Crippen MR) is 100 cm³/mol. The lowest BCUT2D eigenvalue weighted by atomic mass is 10.0. The number of pyridine rings is 1.